The molecule has 1 heterocycles. The number of anilines is 1. The highest BCUT2D eigenvalue weighted by Gasteiger charge is 2.19. The highest BCUT2D eigenvalue weighted by Crippen LogP contribution is 2.19. The number of nitrogens with zero attached hydrogens (tertiary/aromatic N) is 4. The molecule has 0 radical (unpaired) electrons. The Bertz CT molecular complexity index is 1030. The number of aromatic nitrogens is 4. The lowest BCUT2D eigenvalue weighted by Gasteiger charge is -2.10. The average Bonchev–Trinajstić information content (AvgIpc) is 3.16. The SMILES string of the molecule is CSc1cccc(NC(=O)COC(=O)/C(=C/c2ccccc2)n2nnnc2C)c1. The Labute approximate surface area is 172 Å². The van der Waals surface area contributed by atoms with Gasteiger partial charge in [0.1, 0.15) is 0 Å². The fraction of sp³-hybridized carbons (Fsp3) is 0.150. The van der Waals surface area contributed by atoms with Crippen LogP contribution in [0.3, 0.4) is 0 Å². The number of carbonyl (C=O) groups excluding carboxylic acids is 2. The molecule has 0 saturated carbocycles. The summed E-state index contributed by atoms with van der Waals surface area (Å²) in [4.78, 5) is 25.9. The van der Waals surface area contributed by atoms with E-state index in [9.17, 15) is 9.59 Å². The second-order valence-corrected chi connectivity index (χ2v) is 6.81. The molecule has 0 aliphatic carbocycles. The Morgan fingerprint density at radius 1 is 1.17 bits per heavy atom. The van der Waals surface area contributed by atoms with Crippen LogP contribution >= 0.6 is 11.8 Å². The fourth-order valence-corrected chi connectivity index (χ4v) is 2.93. The van der Waals surface area contributed by atoms with Gasteiger partial charge in [-0.15, -0.1) is 16.9 Å². The van der Waals surface area contributed by atoms with Gasteiger partial charge < -0.3 is 10.1 Å². The summed E-state index contributed by atoms with van der Waals surface area (Å²) >= 11 is 1.57. The summed E-state index contributed by atoms with van der Waals surface area (Å²) in [6, 6.07) is 16.6. The first-order valence-electron chi connectivity index (χ1n) is 8.70. The fourth-order valence-electron chi connectivity index (χ4n) is 2.47. The van der Waals surface area contributed by atoms with Crippen molar-refractivity contribution in [1.29, 1.82) is 0 Å². The molecule has 0 spiro atoms. The van der Waals surface area contributed by atoms with Crippen LogP contribution < -0.4 is 5.32 Å². The Balaban J connectivity index is 1.71. The van der Waals surface area contributed by atoms with Crippen LogP contribution in [0.5, 0.6) is 0 Å². The zero-order chi connectivity index (χ0) is 20.6. The van der Waals surface area contributed by atoms with Crippen LogP contribution in [0.1, 0.15) is 11.4 Å². The lowest BCUT2D eigenvalue weighted by Crippen LogP contribution is -2.23. The van der Waals surface area contributed by atoms with E-state index < -0.39 is 18.5 Å². The van der Waals surface area contributed by atoms with Gasteiger partial charge in [-0.1, -0.05) is 36.4 Å². The minimum Gasteiger partial charge on any atom is -0.451 e. The van der Waals surface area contributed by atoms with Crippen molar-refractivity contribution >= 4 is 41.1 Å². The van der Waals surface area contributed by atoms with Crippen molar-refractivity contribution in [3.8, 4) is 0 Å². The number of rotatable bonds is 7. The summed E-state index contributed by atoms with van der Waals surface area (Å²) in [5.74, 6) is -0.733. The number of hydrogen-bond donors (Lipinski definition) is 1. The summed E-state index contributed by atoms with van der Waals surface area (Å²) < 4.78 is 6.48. The van der Waals surface area contributed by atoms with Crippen molar-refractivity contribution in [2.75, 3.05) is 18.2 Å². The van der Waals surface area contributed by atoms with Crippen molar-refractivity contribution in [3.63, 3.8) is 0 Å². The van der Waals surface area contributed by atoms with Crippen molar-refractivity contribution < 1.29 is 14.3 Å². The van der Waals surface area contributed by atoms with E-state index in [-0.39, 0.29) is 5.70 Å². The summed E-state index contributed by atoms with van der Waals surface area (Å²) in [6.45, 7) is 1.23. The van der Waals surface area contributed by atoms with E-state index in [2.05, 4.69) is 20.8 Å². The molecule has 0 fully saturated rings. The maximum Gasteiger partial charge on any atom is 0.357 e. The molecule has 0 saturated heterocycles. The molecule has 1 amide bonds. The smallest absolute Gasteiger partial charge is 0.357 e. The summed E-state index contributed by atoms with van der Waals surface area (Å²) in [6.07, 6.45) is 3.55. The van der Waals surface area contributed by atoms with Gasteiger partial charge in [0.05, 0.1) is 0 Å². The van der Waals surface area contributed by atoms with Crippen LogP contribution in [-0.4, -0.2) is 44.9 Å². The van der Waals surface area contributed by atoms with Crippen LogP contribution in [0.15, 0.2) is 59.5 Å². The highest BCUT2D eigenvalue weighted by molar-refractivity contribution is 7.98. The molecule has 8 nitrogen and oxygen atoms in total. The molecule has 148 valence electrons. The van der Waals surface area contributed by atoms with Gasteiger partial charge in [-0.05, 0) is 53.4 Å². The van der Waals surface area contributed by atoms with Crippen LogP contribution in [0.2, 0.25) is 0 Å². The monoisotopic (exact) mass is 409 g/mol. The number of amides is 1. The van der Waals surface area contributed by atoms with Gasteiger partial charge >= 0.3 is 5.97 Å². The van der Waals surface area contributed by atoms with Gasteiger partial charge in [-0.2, -0.15) is 4.68 Å². The Morgan fingerprint density at radius 3 is 2.66 bits per heavy atom. The largest absolute Gasteiger partial charge is 0.451 e. The zero-order valence-electron chi connectivity index (χ0n) is 15.9. The number of hydrogen-bond acceptors (Lipinski definition) is 7. The van der Waals surface area contributed by atoms with Gasteiger partial charge in [0.15, 0.2) is 18.1 Å². The third-order valence-corrected chi connectivity index (χ3v) is 4.58. The second-order valence-electron chi connectivity index (χ2n) is 5.93. The molecule has 0 unspecified atom stereocenters. The molecule has 0 atom stereocenters. The van der Waals surface area contributed by atoms with Crippen LogP contribution in [0.25, 0.3) is 11.8 Å². The van der Waals surface area contributed by atoms with Crippen LogP contribution in [0.4, 0.5) is 5.69 Å². The third-order valence-electron chi connectivity index (χ3n) is 3.85. The Morgan fingerprint density at radius 2 is 1.97 bits per heavy atom. The van der Waals surface area contributed by atoms with Gasteiger partial charge in [-0.3, -0.25) is 4.79 Å². The maximum absolute atomic E-state index is 12.7. The summed E-state index contributed by atoms with van der Waals surface area (Å²) in [5, 5.41) is 13.9. The van der Waals surface area contributed by atoms with E-state index in [0.717, 1.165) is 10.5 Å². The normalized spacial score (nSPS) is 11.2. The molecule has 29 heavy (non-hydrogen) atoms. The number of ether oxygens (including phenoxy) is 1. The Hall–Kier alpha value is -3.46. The minimum absolute atomic E-state index is 0.107. The first-order valence-corrected chi connectivity index (χ1v) is 9.92. The number of esters is 1. The van der Waals surface area contributed by atoms with Crippen molar-refractivity contribution in [2.24, 2.45) is 0 Å². The van der Waals surface area contributed by atoms with Gasteiger partial charge in [0.2, 0.25) is 0 Å². The van der Waals surface area contributed by atoms with Crippen molar-refractivity contribution in [3.05, 3.63) is 66.0 Å². The predicted octanol–water partition coefficient (Wildman–Crippen LogP) is 2.88. The first-order chi connectivity index (χ1) is 14.1. The van der Waals surface area contributed by atoms with E-state index in [1.165, 1.54) is 4.68 Å². The van der Waals surface area contributed by atoms with E-state index in [1.54, 1.807) is 30.8 Å². The minimum atomic E-state index is -0.711. The maximum atomic E-state index is 12.7. The van der Waals surface area contributed by atoms with Gasteiger partial charge in [0.25, 0.3) is 5.91 Å². The van der Waals surface area contributed by atoms with Crippen molar-refractivity contribution in [1.82, 2.24) is 20.2 Å². The van der Waals surface area contributed by atoms with E-state index in [4.69, 9.17) is 4.74 Å². The summed E-state index contributed by atoms with van der Waals surface area (Å²) in [5.41, 5.74) is 1.51. The van der Waals surface area contributed by atoms with E-state index in [0.29, 0.717) is 11.5 Å². The standard InChI is InChI=1S/C20H19N5O3S/c1-14-22-23-24-25(14)18(11-15-7-4-3-5-8-15)20(27)28-13-19(26)21-16-9-6-10-17(12-16)29-2/h3-12H,13H2,1-2H3,(H,21,26)/b18-11-. The summed E-state index contributed by atoms with van der Waals surface area (Å²) in [7, 11) is 0. The molecular formula is C20H19N5O3S. The molecule has 0 aliphatic heterocycles. The van der Waals surface area contributed by atoms with Gasteiger partial charge in [-0.25, -0.2) is 4.79 Å². The number of tetrazole rings is 1. The van der Waals surface area contributed by atoms with E-state index in [1.807, 2.05) is 54.8 Å². The quantitative estimate of drug-likeness (QED) is 0.364. The number of nitrogens with one attached hydrogen (secondary N) is 1. The predicted molar refractivity (Wildman–Crippen MR) is 111 cm³/mol. The molecule has 0 bridgehead atoms. The molecule has 3 rings (SSSR count). The lowest BCUT2D eigenvalue weighted by molar-refractivity contribution is -0.141. The highest BCUT2D eigenvalue weighted by atomic mass is 32.2. The molecular weight excluding hydrogens is 390 g/mol. The second kappa shape index (κ2) is 9.65. The molecule has 9 heteroatoms. The lowest BCUT2D eigenvalue weighted by atomic mass is 10.2. The topological polar surface area (TPSA) is 99.0 Å². The molecule has 3 aromatic rings. The number of aryl methyl sites for hydroxylation is 1. The van der Waals surface area contributed by atoms with Crippen LogP contribution in [0, 0.1) is 6.92 Å². The number of benzene rings is 2. The van der Waals surface area contributed by atoms with Gasteiger partial charge in [0, 0.05) is 10.6 Å². The van der Waals surface area contributed by atoms with Crippen molar-refractivity contribution in [2.45, 2.75) is 11.8 Å². The van der Waals surface area contributed by atoms with Crippen LogP contribution in [-0.2, 0) is 14.3 Å². The molecule has 0 aliphatic rings. The molecule has 1 aromatic heterocycles. The average molecular weight is 409 g/mol. The zero-order valence-corrected chi connectivity index (χ0v) is 16.7. The van der Waals surface area contributed by atoms with E-state index >= 15 is 0 Å². The number of carbonyl (C=O) groups is 2. The first kappa shape index (κ1) is 20.3. The Kier molecular flexibility index (Phi) is 6.75. The molecule has 2 aromatic carbocycles. The number of thioether (sulfide) groups is 1. The third kappa shape index (κ3) is 5.52. The molecule has 1 N–H and O–H groups in total.